The van der Waals surface area contributed by atoms with Gasteiger partial charge in [0.05, 0.1) is 11.6 Å². The van der Waals surface area contributed by atoms with Crippen molar-refractivity contribution < 1.29 is 32.2 Å². The third-order valence-corrected chi connectivity index (χ3v) is 6.51. The molecule has 194 valence electrons. The van der Waals surface area contributed by atoms with Crippen molar-refractivity contribution in [2.45, 2.75) is 44.6 Å². The van der Waals surface area contributed by atoms with Crippen LogP contribution in [0.25, 0.3) is 0 Å². The normalized spacial score (nSPS) is 18.5. The summed E-state index contributed by atoms with van der Waals surface area (Å²) in [6.07, 6.45) is 6.00. The van der Waals surface area contributed by atoms with Gasteiger partial charge < -0.3 is 19.7 Å². The van der Waals surface area contributed by atoms with Crippen LogP contribution in [-0.4, -0.2) is 40.4 Å². The van der Waals surface area contributed by atoms with Crippen molar-refractivity contribution in [3.05, 3.63) is 71.2 Å². The van der Waals surface area contributed by atoms with Crippen LogP contribution in [0.5, 0.6) is 5.75 Å². The lowest BCUT2D eigenvalue weighted by atomic mass is 9.71. The first-order chi connectivity index (χ1) is 17.1. The summed E-state index contributed by atoms with van der Waals surface area (Å²) in [6, 6.07) is 3.97. The monoisotopic (exact) mass is 522 g/mol. The van der Waals surface area contributed by atoms with Gasteiger partial charge in [0, 0.05) is 19.0 Å². The number of halogens is 2. The Balaban J connectivity index is 0.000000642. The van der Waals surface area contributed by atoms with E-state index in [4.69, 9.17) is 14.4 Å². The van der Waals surface area contributed by atoms with Crippen molar-refractivity contribution in [3.8, 4) is 5.75 Å². The number of hydrogen-bond acceptors (Lipinski definition) is 6. The fourth-order valence-electron chi connectivity index (χ4n) is 3.91. The van der Waals surface area contributed by atoms with E-state index >= 15 is 0 Å². The molecular formula is C23H29BF2N4O5S. The van der Waals surface area contributed by atoms with E-state index in [2.05, 4.69) is 28.5 Å². The van der Waals surface area contributed by atoms with Crippen molar-refractivity contribution >= 4 is 24.3 Å². The molecule has 13 heteroatoms. The number of hydrogen-bond donors (Lipinski definition) is 4. The lowest BCUT2D eigenvalue weighted by molar-refractivity contribution is 0.0688. The SMILES string of the molecule is C=C(NC1Cc2ccc(F)c(C(=O)O)c2OB1OC)C(NS(N)=O)c1ncccc1F.CC1CCC1. The molecule has 0 bridgehead atoms. The summed E-state index contributed by atoms with van der Waals surface area (Å²) in [4.78, 5) is 15.4. The number of carbonyl (C=O) groups is 1. The van der Waals surface area contributed by atoms with E-state index in [1.807, 2.05) is 0 Å². The van der Waals surface area contributed by atoms with Gasteiger partial charge >= 0.3 is 13.1 Å². The summed E-state index contributed by atoms with van der Waals surface area (Å²) in [5, 5.41) is 17.7. The van der Waals surface area contributed by atoms with Crippen LogP contribution >= 0.6 is 0 Å². The van der Waals surface area contributed by atoms with Gasteiger partial charge in [0.25, 0.3) is 0 Å². The topological polar surface area (TPSA) is 136 Å². The molecule has 2 aliphatic rings. The van der Waals surface area contributed by atoms with Gasteiger partial charge in [0.1, 0.15) is 29.0 Å². The maximum atomic E-state index is 14.3. The van der Waals surface area contributed by atoms with Crippen molar-refractivity contribution in [1.82, 2.24) is 15.0 Å². The Hall–Kier alpha value is -2.87. The van der Waals surface area contributed by atoms with E-state index in [1.54, 1.807) is 0 Å². The Morgan fingerprint density at radius 2 is 2.06 bits per heavy atom. The van der Waals surface area contributed by atoms with Gasteiger partial charge in [-0.1, -0.05) is 38.8 Å². The zero-order chi connectivity index (χ0) is 26.4. The Morgan fingerprint density at radius 1 is 1.36 bits per heavy atom. The van der Waals surface area contributed by atoms with E-state index in [-0.39, 0.29) is 23.6 Å². The first kappa shape index (κ1) is 27.7. The van der Waals surface area contributed by atoms with Crippen LogP contribution in [0.2, 0.25) is 0 Å². The Bertz CT molecular complexity index is 1140. The van der Waals surface area contributed by atoms with Gasteiger partial charge in [-0.05, 0) is 36.1 Å². The number of nitrogens with two attached hydrogens (primary N) is 1. The van der Waals surface area contributed by atoms with Crippen LogP contribution in [0.15, 0.2) is 42.7 Å². The van der Waals surface area contributed by atoms with E-state index < -0.39 is 53.4 Å². The fourth-order valence-corrected chi connectivity index (χ4v) is 4.40. The molecule has 3 unspecified atom stereocenters. The highest BCUT2D eigenvalue weighted by atomic mass is 32.2. The van der Waals surface area contributed by atoms with Crippen molar-refractivity contribution in [2.75, 3.05) is 7.11 Å². The second-order valence-electron chi connectivity index (χ2n) is 8.67. The highest BCUT2D eigenvalue weighted by Gasteiger charge is 2.40. The van der Waals surface area contributed by atoms with Crippen molar-refractivity contribution in [2.24, 2.45) is 11.1 Å². The second-order valence-corrected chi connectivity index (χ2v) is 9.50. The summed E-state index contributed by atoms with van der Waals surface area (Å²) >= 11 is -2.02. The Morgan fingerprint density at radius 3 is 2.58 bits per heavy atom. The molecule has 0 amide bonds. The summed E-state index contributed by atoms with van der Waals surface area (Å²) in [5.41, 5.74) is -0.0880. The number of benzene rings is 1. The smallest absolute Gasteiger partial charge is 0.534 e. The van der Waals surface area contributed by atoms with Gasteiger partial charge in [0.2, 0.25) is 0 Å². The second kappa shape index (κ2) is 12.4. The average molecular weight is 522 g/mol. The number of nitrogens with zero attached hydrogens (tertiary/aromatic N) is 1. The van der Waals surface area contributed by atoms with Crippen LogP contribution in [0.4, 0.5) is 8.78 Å². The van der Waals surface area contributed by atoms with Crippen LogP contribution < -0.4 is 19.8 Å². The predicted molar refractivity (Wildman–Crippen MR) is 132 cm³/mol. The molecule has 4 rings (SSSR count). The number of nitrogens with one attached hydrogen (secondary N) is 2. The van der Waals surface area contributed by atoms with Gasteiger partial charge in [0.15, 0.2) is 11.2 Å². The molecule has 1 aliphatic carbocycles. The molecule has 1 aromatic carbocycles. The average Bonchev–Trinajstić information content (AvgIpc) is 2.81. The van der Waals surface area contributed by atoms with Gasteiger partial charge in [-0.25, -0.2) is 27.6 Å². The maximum absolute atomic E-state index is 14.3. The number of carboxylic acid groups (broad SMARTS) is 1. The number of fused-ring (bicyclic) bond motifs is 1. The number of aromatic nitrogens is 1. The third kappa shape index (κ3) is 6.66. The zero-order valence-electron chi connectivity index (χ0n) is 20.0. The van der Waals surface area contributed by atoms with E-state index in [1.165, 1.54) is 50.8 Å². The summed E-state index contributed by atoms with van der Waals surface area (Å²) < 4.78 is 53.2. The molecule has 1 aromatic heterocycles. The highest BCUT2D eigenvalue weighted by Crippen LogP contribution is 2.33. The molecule has 0 radical (unpaired) electrons. The first-order valence-electron chi connectivity index (χ1n) is 11.3. The quantitative estimate of drug-likeness (QED) is 0.392. The number of aromatic carboxylic acids is 1. The lowest BCUT2D eigenvalue weighted by Gasteiger charge is -2.33. The van der Waals surface area contributed by atoms with Crippen LogP contribution in [0, 0.1) is 17.6 Å². The summed E-state index contributed by atoms with van der Waals surface area (Å²) in [6.45, 7) is 6.18. The third-order valence-electron chi connectivity index (χ3n) is 6.04. The molecule has 1 aliphatic heterocycles. The van der Waals surface area contributed by atoms with Crippen molar-refractivity contribution in [1.29, 1.82) is 0 Å². The number of pyridine rings is 1. The zero-order valence-corrected chi connectivity index (χ0v) is 20.8. The molecule has 0 spiro atoms. The van der Waals surface area contributed by atoms with Gasteiger partial charge in [-0.2, -0.15) is 0 Å². The minimum Gasteiger partial charge on any atom is -0.534 e. The van der Waals surface area contributed by atoms with Crippen LogP contribution in [0.1, 0.15) is 53.8 Å². The largest absolute Gasteiger partial charge is 0.549 e. The predicted octanol–water partition coefficient (Wildman–Crippen LogP) is 2.81. The minimum absolute atomic E-state index is 0.0832. The molecule has 3 atom stereocenters. The molecular weight excluding hydrogens is 493 g/mol. The molecule has 9 nitrogen and oxygen atoms in total. The molecule has 0 saturated heterocycles. The summed E-state index contributed by atoms with van der Waals surface area (Å²) in [7, 11) is 0.303. The fraction of sp³-hybridized carbons (Fsp3) is 0.391. The first-order valence-corrected chi connectivity index (χ1v) is 12.6. The number of rotatable bonds is 8. The van der Waals surface area contributed by atoms with Crippen molar-refractivity contribution in [3.63, 3.8) is 0 Å². The Labute approximate surface area is 211 Å². The lowest BCUT2D eigenvalue weighted by Crippen LogP contribution is -2.53. The maximum Gasteiger partial charge on any atom is 0.549 e. The van der Waals surface area contributed by atoms with Crippen LogP contribution in [0.3, 0.4) is 0 Å². The molecule has 1 saturated carbocycles. The molecule has 36 heavy (non-hydrogen) atoms. The van der Waals surface area contributed by atoms with E-state index in [0.717, 1.165) is 12.0 Å². The summed E-state index contributed by atoms with van der Waals surface area (Å²) in [5.74, 6) is -2.76. The van der Waals surface area contributed by atoms with Gasteiger partial charge in [-0.15, -0.1) is 0 Å². The highest BCUT2D eigenvalue weighted by molar-refractivity contribution is 7.80. The number of carboxylic acids is 1. The van der Waals surface area contributed by atoms with E-state index in [0.29, 0.717) is 5.56 Å². The molecule has 5 N–H and O–H groups in total. The molecule has 2 aromatic rings. The molecule has 1 fully saturated rings. The van der Waals surface area contributed by atoms with Crippen LogP contribution in [-0.2, 0) is 22.2 Å². The Kier molecular flexibility index (Phi) is 9.54. The van der Waals surface area contributed by atoms with Gasteiger partial charge in [-0.3, -0.25) is 4.98 Å². The minimum atomic E-state index is -2.02. The van der Waals surface area contributed by atoms with E-state index in [9.17, 15) is 22.9 Å². The standard InChI is InChI=1S/C18H19BF2N4O5S.C5H10/c1-9(15(25-31(22)28)16-12(21)4-3-7-23-16)24-13-8-10-5-6-11(20)14(18(26)27)17(10)30-19(13)29-2;1-5-3-2-4-5/h3-7,13,15,24-25H,1,8,22H2,2H3,(H,26,27);5H,2-4H2,1H3. The molecule has 2 heterocycles.